The van der Waals surface area contributed by atoms with E-state index in [4.69, 9.17) is 24.9 Å². The molecule has 0 saturated carbocycles. The second kappa shape index (κ2) is 9.67. The molecule has 0 fully saturated rings. The molecule has 0 aliphatic rings. The van der Waals surface area contributed by atoms with Crippen LogP contribution < -0.4 is 10.6 Å². The van der Waals surface area contributed by atoms with E-state index in [9.17, 15) is 0 Å². The summed E-state index contributed by atoms with van der Waals surface area (Å²) in [5.41, 5.74) is 0. The largest absolute Gasteiger partial charge is 0.508 e. The van der Waals surface area contributed by atoms with Crippen molar-refractivity contribution in [1.82, 2.24) is 0 Å². The highest BCUT2D eigenvalue weighted by Gasteiger charge is 2.51. The Kier molecular flexibility index (Phi) is 7.89. The summed E-state index contributed by atoms with van der Waals surface area (Å²) in [6, 6.07) is 21.0. The molecular formula is C18H24ClO3PSi. The number of alkyl halides is 1. The molecule has 0 aliphatic carbocycles. The molecule has 0 bridgehead atoms. The molecule has 1 unspecified atom stereocenters. The number of hydrogen-bond acceptors (Lipinski definition) is 3. The van der Waals surface area contributed by atoms with Crippen molar-refractivity contribution in [2.45, 2.75) is 11.7 Å². The summed E-state index contributed by atoms with van der Waals surface area (Å²) in [5, 5.41) is 2.64. The summed E-state index contributed by atoms with van der Waals surface area (Å²) >= 11 is 6.16. The normalized spacial score (nSPS) is 13.2. The molecule has 0 saturated heterocycles. The van der Waals surface area contributed by atoms with E-state index in [0.717, 1.165) is 6.42 Å². The molecule has 2 aromatic rings. The van der Waals surface area contributed by atoms with Crippen LogP contribution in [-0.2, 0) is 13.3 Å². The highest BCUT2D eigenvalue weighted by atomic mass is 35.5. The average Bonchev–Trinajstić information content (AvgIpc) is 2.66. The average molecular weight is 383 g/mol. The number of hydrogen-bond donors (Lipinski definition) is 0. The van der Waals surface area contributed by atoms with Gasteiger partial charge in [0.2, 0.25) is 0 Å². The fourth-order valence-corrected chi connectivity index (χ4v) is 10.8. The predicted molar refractivity (Wildman–Crippen MR) is 105 cm³/mol. The van der Waals surface area contributed by atoms with Gasteiger partial charge in [-0.3, -0.25) is 0 Å². The lowest BCUT2D eigenvalue weighted by atomic mass is 10.4. The van der Waals surface area contributed by atoms with Gasteiger partial charge in [-0.1, -0.05) is 60.7 Å². The molecule has 0 spiro atoms. The van der Waals surface area contributed by atoms with Crippen LogP contribution in [0.5, 0.6) is 0 Å². The van der Waals surface area contributed by atoms with E-state index in [-0.39, 0.29) is 5.28 Å². The number of rotatable bonds is 9. The number of halogens is 1. The minimum atomic E-state index is -2.85. The molecular weight excluding hydrogens is 359 g/mol. The molecule has 0 aromatic heterocycles. The van der Waals surface area contributed by atoms with Crippen molar-refractivity contribution in [3.05, 3.63) is 60.7 Å². The Balaban J connectivity index is 2.58. The fourth-order valence-electron chi connectivity index (χ4n) is 2.91. The molecule has 0 aliphatic heterocycles. The van der Waals surface area contributed by atoms with Gasteiger partial charge in [0.05, 0.1) is 5.28 Å². The number of benzene rings is 2. The molecule has 2 aromatic carbocycles. The van der Waals surface area contributed by atoms with Crippen LogP contribution in [0.2, 0.25) is 0 Å². The van der Waals surface area contributed by atoms with Crippen LogP contribution in [0.4, 0.5) is 0 Å². The Morgan fingerprint density at radius 1 is 0.833 bits per heavy atom. The molecule has 24 heavy (non-hydrogen) atoms. The van der Waals surface area contributed by atoms with E-state index >= 15 is 0 Å². The zero-order valence-electron chi connectivity index (χ0n) is 14.3. The molecule has 130 valence electrons. The molecule has 2 rings (SSSR count). The fraction of sp³-hybridized carbons (Fsp3) is 0.333. The van der Waals surface area contributed by atoms with Gasteiger partial charge in [-0.05, 0) is 25.0 Å². The van der Waals surface area contributed by atoms with Gasteiger partial charge in [0.1, 0.15) is 0 Å². The summed E-state index contributed by atoms with van der Waals surface area (Å²) in [5.74, 6) is 0.536. The molecule has 0 amide bonds. The van der Waals surface area contributed by atoms with E-state index in [1.54, 1.807) is 21.3 Å². The van der Waals surface area contributed by atoms with Crippen molar-refractivity contribution < 1.29 is 13.3 Å². The smallest absolute Gasteiger partial charge is 0.376 e. The van der Waals surface area contributed by atoms with Crippen LogP contribution >= 0.6 is 19.5 Å². The second-order valence-electron chi connectivity index (χ2n) is 5.25. The Morgan fingerprint density at radius 3 is 1.58 bits per heavy atom. The van der Waals surface area contributed by atoms with Crippen LogP contribution in [-0.4, -0.2) is 41.3 Å². The topological polar surface area (TPSA) is 27.7 Å². The van der Waals surface area contributed by atoms with Crippen LogP contribution in [0.1, 0.15) is 6.42 Å². The lowest BCUT2D eigenvalue weighted by molar-refractivity contribution is 0.121. The van der Waals surface area contributed by atoms with Crippen LogP contribution in [0.3, 0.4) is 0 Å². The van der Waals surface area contributed by atoms with E-state index in [2.05, 4.69) is 48.5 Å². The van der Waals surface area contributed by atoms with Crippen molar-refractivity contribution >= 4 is 38.9 Å². The summed E-state index contributed by atoms with van der Waals surface area (Å²) < 4.78 is 17.5. The van der Waals surface area contributed by atoms with Gasteiger partial charge >= 0.3 is 8.80 Å². The first kappa shape index (κ1) is 19.6. The van der Waals surface area contributed by atoms with E-state index in [0.29, 0.717) is 5.88 Å². The summed E-state index contributed by atoms with van der Waals surface area (Å²) in [7, 11) is 1.44. The maximum absolute atomic E-state index is 6.16. The van der Waals surface area contributed by atoms with Crippen molar-refractivity contribution in [2.75, 3.05) is 27.2 Å². The van der Waals surface area contributed by atoms with Gasteiger partial charge in [0.25, 0.3) is 0 Å². The van der Waals surface area contributed by atoms with E-state index in [1.165, 1.54) is 10.6 Å². The minimum absolute atomic E-state index is 0.0924. The molecule has 0 radical (unpaired) electrons. The first-order valence-corrected chi connectivity index (χ1v) is 11.6. The first-order valence-electron chi connectivity index (χ1n) is 7.83. The summed E-state index contributed by atoms with van der Waals surface area (Å²) in [6.07, 6.45) is 0.777. The summed E-state index contributed by atoms with van der Waals surface area (Å²) in [6.45, 7) is 0. The first-order chi connectivity index (χ1) is 11.7. The highest BCUT2D eigenvalue weighted by Crippen LogP contribution is 2.46. The predicted octanol–water partition coefficient (Wildman–Crippen LogP) is 3.53. The van der Waals surface area contributed by atoms with E-state index < -0.39 is 16.7 Å². The molecule has 1 atom stereocenters. The standard InChI is InChI=1S/C18H24ClO3PSi/c1-20-24(21-2,22-3)18(14-15-19)23(16-10-6-4-7-11-16)17-12-8-5-9-13-17/h4-13,18H,14-15H2,1-3H3. The van der Waals surface area contributed by atoms with E-state index in [1.807, 2.05) is 12.1 Å². The third-order valence-electron chi connectivity index (χ3n) is 4.02. The summed E-state index contributed by atoms with van der Waals surface area (Å²) in [4.78, 5) is 0. The van der Waals surface area contributed by atoms with Gasteiger partial charge < -0.3 is 13.3 Å². The molecule has 6 heteroatoms. The van der Waals surface area contributed by atoms with Gasteiger partial charge in [0.15, 0.2) is 0 Å². The monoisotopic (exact) mass is 382 g/mol. The van der Waals surface area contributed by atoms with Crippen molar-refractivity contribution in [1.29, 1.82) is 0 Å². The Bertz CT molecular complexity index is 548. The Hall–Kier alpha value is -0.743. The maximum Gasteiger partial charge on any atom is 0.508 e. The zero-order chi connectivity index (χ0) is 17.4. The molecule has 0 heterocycles. The maximum atomic E-state index is 6.16. The SMILES string of the molecule is CO[Si](OC)(OC)C(CCCl)P(c1ccccc1)c1ccccc1. The highest BCUT2D eigenvalue weighted by molar-refractivity contribution is 7.75. The third-order valence-corrected chi connectivity index (χ3v) is 11.4. The molecule has 0 N–H and O–H groups in total. The lowest BCUT2D eigenvalue weighted by Gasteiger charge is -2.37. The van der Waals surface area contributed by atoms with Crippen molar-refractivity contribution in [3.8, 4) is 0 Å². The van der Waals surface area contributed by atoms with Gasteiger partial charge in [-0.2, -0.15) is 0 Å². The van der Waals surface area contributed by atoms with Crippen molar-refractivity contribution in [3.63, 3.8) is 0 Å². The Morgan fingerprint density at radius 2 is 1.25 bits per heavy atom. The molecule has 3 nitrogen and oxygen atoms in total. The van der Waals surface area contributed by atoms with Crippen LogP contribution in [0, 0.1) is 0 Å². The second-order valence-corrected chi connectivity index (χ2v) is 11.6. The van der Waals surface area contributed by atoms with Crippen molar-refractivity contribution in [2.24, 2.45) is 0 Å². The zero-order valence-corrected chi connectivity index (χ0v) is 17.0. The Labute approximate surface area is 152 Å². The van der Waals surface area contributed by atoms with Crippen LogP contribution in [0.25, 0.3) is 0 Å². The van der Waals surface area contributed by atoms with Gasteiger partial charge in [-0.25, -0.2) is 0 Å². The lowest BCUT2D eigenvalue weighted by Crippen LogP contribution is -2.55. The minimum Gasteiger partial charge on any atom is -0.376 e. The van der Waals surface area contributed by atoms with Gasteiger partial charge in [-0.15, -0.1) is 11.6 Å². The van der Waals surface area contributed by atoms with Gasteiger partial charge in [0, 0.05) is 27.2 Å². The van der Waals surface area contributed by atoms with Crippen LogP contribution in [0.15, 0.2) is 60.7 Å². The third kappa shape index (κ3) is 4.26. The quantitative estimate of drug-likeness (QED) is 0.377.